The standard InChI is InChI=1S/C8H9NO4/c1-2-3-9-6(10)4-5(7(9)11)8(12)13/h4H,2-3H2,1H3,(H,12,13). The number of hydrogen-bond acceptors (Lipinski definition) is 3. The Morgan fingerprint density at radius 3 is 2.54 bits per heavy atom. The van der Waals surface area contributed by atoms with Gasteiger partial charge in [0, 0.05) is 12.6 Å². The van der Waals surface area contributed by atoms with Gasteiger partial charge in [0.25, 0.3) is 11.8 Å². The van der Waals surface area contributed by atoms with Crippen LogP contribution >= 0.6 is 0 Å². The molecule has 5 nitrogen and oxygen atoms in total. The van der Waals surface area contributed by atoms with E-state index in [1.807, 2.05) is 0 Å². The Hall–Kier alpha value is -1.65. The molecule has 5 heteroatoms. The minimum Gasteiger partial charge on any atom is -0.477 e. The van der Waals surface area contributed by atoms with Crippen molar-refractivity contribution in [2.24, 2.45) is 0 Å². The number of carbonyl (C=O) groups is 3. The molecule has 0 atom stereocenters. The Morgan fingerprint density at radius 1 is 1.54 bits per heavy atom. The Kier molecular flexibility index (Phi) is 2.46. The molecule has 0 unspecified atom stereocenters. The average molecular weight is 183 g/mol. The summed E-state index contributed by atoms with van der Waals surface area (Å²) in [7, 11) is 0. The third-order valence-corrected chi connectivity index (χ3v) is 1.69. The quantitative estimate of drug-likeness (QED) is 0.484. The van der Waals surface area contributed by atoms with Crippen LogP contribution in [0.1, 0.15) is 13.3 Å². The van der Waals surface area contributed by atoms with Gasteiger partial charge in [-0.15, -0.1) is 0 Å². The van der Waals surface area contributed by atoms with E-state index in [0.717, 1.165) is 11.0 Å². The minimum atomic E-state index is -1.35. The normalized spacial score (nSPS) is 16.4. The smallest absolute Gasteiger partial charge is 0.341 e. The van der Waals surface area contributed by atoms with E-state index in [0.29, 0.717) is 6.42 Å². The van der Waals surface area contributed by atoms with Gasteiger partial charge in [-0.25, -0.2) is 4.79 Å². The van der Waals surface area contributed by atoms with E-state index in [1.54, 1.807) is 6.92 Å². The summed E-state index contributed by atoms with van der Waals surface area (Å²) >= 11 is 0. The number of amides is 2. The Balaban J connectivity index is 2.86. The fourth-order valence-electron chi connectivity index (χ4n) is 1.10. The molecule has 1 rings (SSSR count). The van der Waals surface area contributed by atoms with Gasteiger partial charge in [-0.05, 0) is 6.42 Å². The Labute approximate surface area is 74.6 Å². The van der Waals surface area contributed by atoms with Crippen LogP contribution < -0.4 is 0 Å². The molecule has 13 heavy (non-hydrogen) atoms. The van der Waals surface area contributed by atoms with E-state index in [2.05, 4.69) is 0 Å². The van der Waals surface area contributed by atoms with Gasteiger partial charge in [-0.3, -0.25) is 14.5 Å². The minimum absolute atomic E-state index is 0.269. The van der Waals surface area contributed by atoms with Crippen LogP contribution in [-0.2, 0) is 14.4 Å². The zero-order chi connectivity index (χ0) is 10.0. The molecule has 1 aliphatic heterocycles. The van der Waals surface area contributed by atoms with Crippen LogP contribution in [-0.4, -0.2) is 34.3 Å². The second kappa shape index (κ2) is 3.38. The molecule has 0 aromatic heterocycles. The van der Waals surface area contributed by atoms with E-state index in [1.165, 1.54) is 0 Å². The van der Waals surface area contributed by atoms with Crippen LogP contribution in [0.2, 0.25) is 0 Å². The molecule has 2 amide bonds. The lowest BCUT2D eigenvalue weighted by Crippen LogP contribution is -2.32. The lowest BCUT2D eigenvalue weighted by atomic mass is 10.3. The molecule has 70 valence electrons. The third kappa shape index (κ3) is 1.58. The van der Waals surface area contributed by atoms with Gasteiger partial charge in [0.2, 0.25) is 0 Å². The molecule has 0 aromatic rings. The first-order valence-electron chi connectivity index (χ1n) is 3.88. The van der Waals surface area contributed by atoms with Crippen LogP contribution in [0.25, 0.3) is 0 Å². The Bertz CT molecular complexity index is 305. The summed E-state index contributed by atoms with van der Waals surface area (Å²) in [6.45, 7) is 2.07. The number of carboxylic acids is 1. The highest BCUT2D eigenvalue weighted by molar-refractivity contribution is 6.27. The number of aliphatic carboxylic acids is 1. The van der Waals surface area contributed by atoms with Crippen molar-refractivity contribution in [1.29, 1.82) is 0 Å². The van der Waals surface area contributed by atoms with Gasteiger partial charge in [-0.2, -0.15) is 0 Å². The molecule has 0 fully saturated rings. The lowest BCUT2D eigenvalue weighted by molar-refractivity contribution is -0.139. The first-order valence-corrected chi connectivity index (χ1v) is 3.88. The molecule has 1 N–H and O–H groups in total. The summed E-state index contributed by atoms with van der Waals surface area (Å²) in [6.07, 6.45) is 1.48. The molecular formula is C8H9NO4. The fourth-order valence-corrected chi connectivity index (χ4v) is 1.10. The molecular weight excluding hydrogens is 174 g/mol. The van der Waals surface area contributed by atoms with Crippen molar-refractivity contribution in [1.82, 2.24) is 4.90 Å². The van der Waals surface area contributed by atoms with E-state index < -0.39 is 23.4 Å². The number of carbonyl (C=O) groups excluding carboxylic acids is 2. The highest BCUT2D eigenvalue weighted by atomic mass is 16.4. The first-order chi connectivity index (χ1) is 6.07. The zero-order valence-electron chi connectivity index (χ0n) is 7.11. The molecule has 0 aromatic carbocycles. The molecule has 1 aliphatic rings. The lowest BCUT2D eigenvalue weighted by Gasteiger charge is -2.11. The summed E-state index contributed by atoms with van der Waals surface area (Å²) in [5.41, 5.74) is -0.446. The second-order valence-corrected chi connectivity index (χ2v) is 2.66. The molecule has 0 spiro atoms. The number of hydrogen-bond donors (Lipinski definition) is 1. The van der Waals surface area contributed by atoms with Crippen molar-refractivity contribution in [3.05, 3.63) is 11.6 Å². The van der Waals surface area contributed by atoms with Gasteiger partial charge in [0.15, 0.2) is 0 Å². The molecule has 0 bridgehead atoms. The SMILES string of the molecule is CCCN1C(=O)C=C(C(=O)O)C1=O. The van der Waals surface area contributed by atoms with Crippen LogP contribution in [0, 0.1) is 0 Å². The van der Waals surface area contributed by atoms with Crippen LogP contribution in [0.15, 0.2) is 11.6 Å². The van der Waals surface area contributed by atoms with Crippen molar-refractivity contribution < 1.29 is 19.5 Å². The number of imide groups is 1. The van der Waals surface area contributed by atoms with Crippen molar-refractivity contribution in [3.63, 3.8) is 0 Å². The number of rotatable bonds is 3. The molecule has 0 saturated heterocycles. The Morgan fingerprint density at radius 2 is 2.15 bits per heavy atom. The van der Waals surface area contributed by atoms with E-state index >= 15 is 0 Å². The molecule has 1 heterocycles. The molecule has 0 saturated carbocycles. The van der Waals surface area contributed by atoms with E-state index in [-0.39, 0.29) is 6.54 Å². The summed E-state index contributed by atoms with van der Waals surface area (Å²) in [6, 6.07) is 0. The maximum Gasteiger partial charge on any atom is 0.341 e. The molecule has 0 aliphatic carbocycles. The van der Waals surface area contributed by atoms with Crippen molar-refractivity contribution >= 4 is 17.8 Å². The summed E-state index contributed by atoms with van der Waals surface area (Å²) in [5.74, 6) is -2.60. The second-order valence-electron chi connectivity index (χ2n) is 2.66. The maximum atomic E-state index is 11.2. The number of carboxylic acid groups (broad SMARTS) is 1. The van der Waals surface area contributed by atoms with Crippen molar-refractivity contribution in [2.45, 2.75) is 13.3 Å². The topological polar surface area (TPSA) is 74.7 Å². The average Bonchev–Trinajstić information content (AvgIpc) is 2.32. The van der Waals surface area contributed by atoms with Gasteiger partial charge < -0.3 is 5.11 Å². The third-order valence-electron chi connectivity index (χ3n) is 1.69. The van der Waals surface area contributed by atoms with Crippen LogP contribution in [0.4, 0.5) is 0 Å². The van der Waals surface area contributed by atoms with E-state index in [9.17, 15) is 14.4 Å². The van der Waals surface area contributed by atoms with Gasteiger partial charge in [0.1, 0.15) is 5.57 Å². The van der Waals surface area contributed by atoms with Crippen LogP contribution in [0.3, 0.4) is 0 Å². The summed E-state index contributed by atoms with van der Waals surface area (Å²) < 4.78 is 0. The van der Waals surface area contributed by atoms with Gasteiger partial charge >= 0.3 is 5.97 Å². The molecule has 0 radical (unpaired) electrons. The maximum absolute atomic E-state index is 11.2. The summed E-state index contributed by atoms with van der Waals surface area (Å²) in [5, 5.41) is 8.52. The van der Waals surface area contributed by atoms with Crippen molar-refractivity contribution in [2.75, 3.05) is 6.54 Å². The predicted octanol–water partition coefficient (Wildman–Crippen LogP) is -0.224. The largest absolute Gasteiger partial charge is 0.477 e. The van der Waals surface area contributed by atoms with Crippen molar-refractivity contribution in [3.8, 4) is 0 Å². The summed E-state index contributed by atoms with van der Waals surface area (Å²) in [4.78, 5) is 33.6. The fraction of sp³-hybridized carbons (Fsp3) is 0.375. The highest BCUT2D eigenvalue weighted by Gasteiger charge is 2.33. The zero-order valence-corrected chi connectivity index (χ0v) is 7.11. The van der Waals surface area contributed by atoms with Gasteiger partial charge in [0.05, 0.1) is 0 Å². The number of nitrogens with zero attached hydrogens (tertiary/aromatic N) is 1. The highest BCUT2D eigenvalue weighted by Crippen LogP contribution is 2.12. The predicted molar refractivity (Wildman–Crippen MR) is 42.7 cm³/mol. The first kappa shape index (κ1) is 9.44. The van der Waals surface area contributed by atoms with Crippen LogP contribution in [0.5, 0.6) is 0 Å². The van der Waals surface area contributed by atoms with E-state index in [4.69, 9.17) is 5.11 Å². The monoisotopic (exact) mass is 183 g/mol. The van der Waals surface area contributed by atoms with Gasteiger partial charge in [-0.1, -0.05) is 6.92 Å².